The van der Waals surface area contributed by atoms with Crippen molar-refractivity contribution in [3.05, 3.63) is 271 Å². The highest BCUT2D eigenvalue weighted by molar-refractivity contribution is 9.10. The summed E-state index contributed by atoms with van der Waals surface area (Å²) in [7, 11) is -1.50. The number of fused-ring (bicyclic) bond motifs is 12. The molecule has 0 aliphatic heterocycles. The van der Waals surface area contributed by atoms with Gasteiger partial charge in [0.2, 0.25) is 0 Å². The molecule has 10 heteroatoms. The van der Waals surface area contributed by atoms with Crippen molar-refractivity contribution < 1.29 is 18.9 Å². The van der Waals surface area contributed by atoms with Gasteiger partial charge in [-0.1, -0.05) is 211 Å². The predicted octanol–water partition coefficient (Wildman–Crippen LogP) is 17.9. The van der Waals surface area contributed by atoms with Crippen LogP contribution in [-0.4, -0.2) is 36.3 Å². The number of hydrogen-bond acceptors (Lipinski definition) is 6. The number of halogens is 1. The molecule has 4 aromatic heterocycles. The van der Waals surface area contributed by atoms with Gasteiger partial charge in [0.15, 0.2) is 0 Å². The Balaban J connectivity index is 0.000000123. The van der Waals surface area contributed by atoms with Crippen LogP contribution in [0.1, 0.15) is 7.43 Å². The smallest absolute Gasteiger partial charge is 0.455 e. The zero-order chi connectivity index (χ0) is 53.7. The molecule has 0 unspecified atom stereocenters. The summed E-state index contributed by atoms with van der Waals surface area (Å²) in [6, 6.07) is 90.6. The van der Waals surface area contributed by atoms with Crippen molar-refractivity contribution in [2.24, 2.45) is 0 Å². The molecule has 0 atom stereocenters. The summed E-state index contributed by atoms with van der Waals surface area (Å²) < 4.78 is 17.8. The molecule has 0 aliphatic rings. The van der Waals surface area contributed by atoms with Crippen molar-refractivity contribution in [3.8, 4) is 45.3 Å². The highest BCUT2D eigenvalue weighted by Crippen LogP contribution is 2.41. The van der Waals surface area contributed by atoms with Gasteiger partial charge >= 0.3 is 7.12 Å². The molecule has 0 saturated carbocycles. The summed E-state index contributed by atoms with van der Waals surface area (Å²) >= 11 is 3.50. The van der Waals surface area contributed by atoms with E-state index in [0.29, 0.717) is 5.46 Å². The van der Waals surface area contributed by atoms with E-state index in [1.807, 2.05) is 103 Å². The number of benzene rings is 12. The molecule has 0 spiro atoms. The Hall–Kier alpha value is -9.84. The molecule has 0 radical (unpaired) electrons. The van der Waals surface area contributed by atoms with Crippen molar-refractivity contribution in [3.63, 3.8) is 0 Å². The number of aromatic nitrogens is 4. The van der Waals surface area contributed by atoms with E-state index >= 15 is 0 Å². The molecule has 0 fully saturated rings. The zero-order valence-corrected chi connectivity index (χ0v) is 44.4. The largest absolute Gasteiger partial charge is 0.489 e. The van der Waals surface area contributed by atoms with Crippen LogP contribution in [0.3, 0.4) is 0 Å². The van der Waals surface area contributed by atoms with Gasteiger partial charge in [0.05, 0.1) is 22.1 Å². The van der Waals surface area contributed by atoms with Gasteiger partial charge in [-0.3, -0.25) is 9.13 Å². The topological polar surface area (TPSA) is 102 Å². The maximum Gasteiger partial charge on any atom is 0.489 e. The highest BCUT2D eigenvalue weighted by atomic mass is 79.9. The van der Waals surface area contributed by atoms with E-state index in [9.17, 15) is 10.0 Å². The Morgan fingerprint density at radius 1 is 0.358 bits per heavy atom. The van der Waals surface area contributed by atoms with Gasteiger partial charge in [-0.25, -0.2) is 9.97 Å². The Kier molecular flexibility index (Phi) is 13.4. The van der Waals surface area contributed by atoms with E-state index in [4.69, 9.17) is 18.8 Å². The fourth-order valence-corrected chi connectivity index (χ4v) is 11.4. The minimum atomic E-state index is -1.50. The van der Waals surface area contributed by atoms with Crippen LogP contribution >= 0.6 is 15.9 Å². The molecule has 12 aromatic carbocycles. The van der Waals surface area contributed by atoms with E-state index in [2.05, 4.69) is 183 Å². The molecule has 0 aliphatic carbocycles. The van der Waals surface area contributed by atoms with Crippen LogP contribution in [0.2, 0.25) is 0 Å². The molecular formula is C71H50BBrN4O4. The number of imidazole rings is 2. The lowest BCUT2D eigenvalue weighted by molar-refractivity contribution is 0.426. The molecule has 0 bridgehead atoms. The first-order chi connectivity index (χ1) is 39.4. The van der Waals surface area contributed by atoms with Crippen LogP contribution in [0.25, 0.3) is 133 Å². The second kappa shape index (κ2) is 21.4. The molecule has 388 valence electrons. The van der Waals surface area contributed by atoms with E-state index in [1.54, 1.807) is 6.07 Å². The molecule has 16 aromatic rings. The lowest BCUT2D eigenvalue weighted by atomic mass is 9.76. The van der Waals surface area contributed by atoms with Gasteiger partial charge in [0.1, 0.15) is 34.0 Å². The molecule has 16 rings (SSSR count). The number of furan rings is 2. The monoisotopic (exact) mass is 1110 g/mol. The fourth-order valence-electron chi connectivity index (χ4n) is 11.1. The zero-order valence-electron chi connectivity index (χ0n) is 42.9. The summed E-state index contributed by atoms with van der Waals surface area (Å²) in [4.78, 5) is 9.82. The number of hydrogen-bond donors (Lipinski definition) is 2. The van der Waals surface area contributed by atoms with Crippen molar-refractivity contribution in [1.29, 1.82) is 0 Å². The first-order valence-electron chi connectivity index (χ1n) is 26.4. The summed E-state index contributed by atoms with van der Waals surface area (Å²) in [6.45, 7) is 0. The van der Waals surface area contributed by atoms with Crippen molar-refractivity contribution in [1.82, 2.24) is 19.1 Å². The minimum Gasteiger partial charge on any atom is -0.455 e. The second-order valence-electron chi connectivity index (χ2n) is 19.6. The molecular weight excluding hydrogens is 1060 g/mol. The molecule has 0 saturated heterocycles. The van der Waals surface area contributed by atoms with Crippen LogP contribution in [0.5, 0.6) is 0 Å². The van der Waals surface area contributed by atoms with Gasteiger partial charge in [0, 0.05) is 59.3 Å². The van der Waals surface area contributed by atoms with Crippen LogP contribution in [0, 0.1) is 0 Å². The Labute approximate surface area is 475 Å². The average molecular weight is 1110 g/mol. The lowest BCUT2D eigenvalue weighted by Crippen LogP contribution is -2.30. The Morgan fingerprint density at radius 3 is 1.26 bits per heavy atom. The first-order valence-corrected chi connectivity index (χ1v) is 27.2. The average Bonchev–Trinajstić information content (AvgIpc) is 4.49. The molecule has 2 N–H and O–H groups in total. The Bertz CT molecular complexity index is 4930. The number of rotatable bonds is 6. The lowest BCUT2D eigenvalue weighted by Gasteiger charge is -2.12. The van der Waals surface area contributed by atoms with E-state index in [-0.39, 0.29) is 7.43 Å². The number of para-hydroxylation sites is 6. The summed E-state index contributed by atoms with van der Waals surface area (Å²) in [5.41, 5.74) is 14.9. The maximum absolute atomic E-state index is 9.62. The molecule has 0 amide bonds. The quantitative estimate of drug-likeness (QED) is 0.161. The van der Waals surface area contributed by atoms with Gasteiger partial charge in [-0.2, -0.15) is 0 Å². The van der Waals surface area contributed by atoms with E-state index < -0.39 is 7.12 Å². The fraction of sp³-hybridized carbons (Fsp3) is 0.0141. The highest BCUT2D eigenvalue weighted by Gasteiger charge is 2.21. The van der Waals surface area contributed by atoms with E-state index in [0.717, 1.165) is 121 Å². The summed E-state index contributed by atoms with van der Waals surface area (Å²) in [5, 5.41) is 27.4. The second-order valence-corrected chi connectivity index (χ2v) is 20.5. The van der Waals surface area contributed by atoms with E-state index in [1.165, 1.54) is 16.5 Å². The third-order valence-corrected chi connectivity index (χ3v) is 15.3. The third kappa shape index (κ3) is 9.21. The Morgan fingerprint density at radius 2 is 0.753 bits per heavy atom. The van der Waals surface area contributed by atoms with Gasteiger partial charge in [-0.15, -0.1) is 0 Å². The van der Waals surface area contributed by atoms with Crippen molar-refractivity contribution >= 4 is 116 Å². The summed E-state index contributed by atoms with van der Waals surface area (Å²) in [6.07, 6.45) is 0. The van der Waals surface area contributed by atoms with Gasteiger partial charge < -0.3 is 18.9 Å². The van der Waals surface area contributed by atoms with Crippen LogP contribution in [0.4, 0.5) is 0 Å². The van der Waals surface area contributed by atoms with Crippen LogP contribution < -0.4 is 5.46 Å². The number of nitrogens with zero attached hydrogens (tertiary/aromatic N) is 4. The van der Waals surface area contributed by atoms with Crippen LogP contribution in [-0.2, 0) is 0 Å². The van der Waals surface area contributed by atoms with Gasteiger partial charge in [-0.05, 0) is 106 Å². The van der Waals surface area contributed by atoms with Crippen molar-refractivity contribution in [2.45, 2.75) is 7.43 Å². The molecule has 4 heterocycles. The maximum atomic E-state index is 9.62. The standard InChI is InChI=1S/C35H22N2O.C19H13BrN2.C16H11BO3.CH4/c1-2-10-24(11-3-1)35-36-31-15-7-8-16-32(31)37(35)25-20-18-23(19-21-25)29-22-30-27-13-6-9-17-33(27)38-34(30)28-14-5-4-12-26(28)29;20-15-10-12-16(13-11-15)22-18-9-5-4-8-17(18)21-19(22)14-6-2-1-3-7-14;18-17(19)14-9-13-11-6-3-4-8-15(11)20-16(13)12-7-2-1-5-10(12)14;/h1-22H;1-13H;1-9,18-19H;1H4. The van der Waals surface area contributed by atoms with Crippen LogP contribution in [0.15, 0.2) is 280 Å². The predicted molar refractivity (Wildman–Crippen MR) is 339 cm³/mol. The van der Waals surface area contributed by atoms with Gasteiger partial charge in [0.25, 0.3) is 0 Å². The van der Waals surface area contributed by atoms with Crippen molar-refractivity contribution in [2.75, 3.05) is 0 Å². The minimum absolute atomic E-state index is 0. The first kappa shape index (κ1) is 50.7. The normalized spacial score (nSPS) is 11.3. The summed E-state index contributed by atoms with van der Waals surface area (Å²) in [5.74, 6) is 1.90. The molecule has 8 nitrogen and oxygen atoms in total. The molecule has 81 heavy (non-hydrogen) atoms. The SMILES string of the molecule is Brc1ccc(-n2c(-c3ccccc3)nc3ccccc32)cc1.C.OB(O)c1cc2c3ccccc3oc2c2ccccc12.c1ccc(-c2nc3ccccc3n2-c2ccc(-c3cc4c5ccccc5oc4c4ccccc34)cc2)cc1. The third-order valence-electron chi connectivity index (χ3n) is 14.8.